The summed E-state index contributed by atoms with van der Waals surface area (Å²) in [5.74, 6) is 0. The number of nitrogens with one attached hydrogen (secondary N) is 2. The zero-order chi connectivity index (χ0) is 8.93. The molecule has 0 spiro atoms. The number of para-hydroxylation sites is 1. The number of benzene rings is 1. The molecule has 0 fully saturated rings. The predicted molar refractivity (Wildman–Crippen MR) is 54.5 cm³/mol. The molecule has 4 heteroatoms. The zero-order valence-corrected chi connectivity index (χ0v) is 7.71. The molecular formula is C9H9N3S. The summed E-state index contributed by atoms with van der Waals surface area (Å²) in [6.45, 7) is 0. The number of nitrogens with zero attached hydrogens (tertiary/aromatic N) is 1. The second kappa shape index (κ2) is 4.00. The Kier molecular flexibility index (Phi) is 2.52. The Hall–Kier alpha value is -1.42. The molecule has 0 unspecified atom stereocenters. The second-order valence-corrected chi connectivity index (χ2v) is 3.34. The number of rotatable bonds is 3. The maximum absolute atomic E-state index is 3.85. The second-order valence-electron chi connectivity index (χ2n) is 2.49. The van der Waals surface area contributed by atoms with E-state index in [1.165, 1.54) is 11.9 Å². The van der Waals surface area contributed by atoms with Crippen LogP contribution >= 0.6 is 11.9 Å². The minimum absolute atomic E-state index is 1.00. The summed E-state index contributed by atoms with van der Waals surface area (Å²) in [7, 11) is 0. The maximum Gasteiger partial charge on any atom is 0.111 e. The largest absolute Gasteiger partial charge is 0.324 e. The van der Waals surface area contributed by atoms with E-state index in [0.717, 1.165) is 10.7 Å². The fourth-order valence-electron chi connectivity index (χ4n) is 0.920. The van der Waals surface area contributed by atoms with E-state index < -0.39 is 0 Å². The van der Waals surface area contributed by atoms with Crippen LogP contribution in [0.2, 0.25) is 0 Å². The van der Waals surface area contributed by atoms with Gasteiger partial charge in [-0.05, 0) is 18.2 Å². The highest BCUT2D eigenvalue weighted by molar-refractivity contribution is 8.00. The smallest absolute Gasteiger partial charge is 0.111 e. The molecular weight excluding hydrogens is 182 g/mol. The van der Waals surface area contributed by atoms with Crippen molar-refractivity contribution in [3.05, 3.63) is 42.6 Å². The molecule has 1 heterocycles. The van der Waals surface area contributed by atoms with Crippen LogP contribution in [0, 0.1) is 0 Å². The molecule has 0 atom stereocenters. The van der Waals surface area contributed by atoms with E-state index in [4.69, 9.17) is 0 Å². The first-order valence-electron chi connectivity index (χ1n) is 3.92. The number of hydrogen-bond donors (Lipinski definition) is 2. The summed E-state index contributed by atoms with van der Waals surface area (Å²) in [6.07, 6.45) is 1.73. The monoisotopic (exact) mass is 191 g/mol. The summed E-state index contributed by atoms with van der Waals surface area (Å²) in [5, 5.41) is 7.71. The standard InChI is InChI=1S/C9H9N3S/c1-2-4-8(5-3-1)12-13-9-6-7-10-11-9/h1-7,12H,(H,10,11). The van der Waals surface area contributed by atoms with E-state index in [1.807, 2.05) is 36.4 Å². The van der Waals surface area contributed by atoms with E-state index >= 15 is 0 Å². The Bertz CT molecular complexity index is 344. The van der Waals surface area contributed by atoms with Crippen LogP contribution < -0.4 is 4.72 Å². The molecule has 2 N–H and O–H groups in total. The van der Waals surface area contributed by atoms with Crippen LogP contribution in [0.15, 0.2) is 47.6 Å². The Morgan fingerprint density at radius 3 is 2.69 bits per heavy atom. The molecule has 0 aliphatic heterocycles. The molecule has 2 rings (SSSR count). The van der Waals surface area contributed by atoms with Crippen LogP contribution in [-0.2, 0) is 0 Å². The van der Waals surface area contributed by atoms with Gasteiger partial charge in [0, 0.05) is 23.8 Å². The average Bonchev–Trinajstić information content (AvgIpc) is 2.69. The van der Waals surface area contributed by atoms with Crippen molar-refractivity contribution in [1.82, 2.24) is 10.2 Å². The molecule has 0 bridgehead atoms. The molecule has 0 aliphatic carbocycles. The van der Waals surface area contributed by atoms with Gasteiger partial charge in [-0.1, -0.05) is 18.2 Å². The van der Waals surface area contributed by atoms with Crippen molar-refractivity contribution < 1.29 is 0 Å². The number of anilines is 1. The van der Waals surface area contributed by atoms with Crippen molar-refractivity contribution in [3.8, 4) is 0 Å². The van der Waals surface area contributed by atoms with Gasteiger partial charge in [0.05, 0.1) is 0 Å². The summed E-state index contributed by atoms with van der Waals surface area (Å²) >= 11 is 1.51. The lowest BCUT2D eigenvalue weighted by atomic mass is 10.3. The van der Waals surface area contributed by atoms with Crippen molar-refractivity contribution in [2.45, 2.75) is 5.03 Å². The van der Waals surface area contributed by atoms with Crippen molar-refractivity contribution >= 4 is 17.6 Å². The van der Waals surface area contributed by atoms with Gasteiger partial charge in [0.1, 0.15) is 5.03 Å². The third-order valence-corrected chi connectivity index (χ3v) is 2.31. The summed E-state index contributed by atoms with van der Waals surface area (Å²) in [4.78, 5) is 0. The lowest BCUT2D eigenvalue weighted by Gasteiger charge is -2.01. The SMILES string of the molecule is c1ccc(NSc2ccn[nH]2)cc1. The molecule has 0 saturated carbocycles. The van der Waals surface area contributed by atoms with E-state index in [-0.39, 0.29) is 0 Å². The van der Waals surface area contributed by atoms with Gasteiger partial charge in [-0.2, -0.15) is 5.10 Å². The first-order chi connectivity index (χ1) is 6.45. The molecule has 1 aromatic heterocycles. The highest BCUT2D eigenvalue weighted by atomic mass is 32.2. The van der Waals surface area contributed by atoms with E-state index in [1.54, 1.807) is 6.20 Å². The normalized spacial score (nSPS) is 9.85. The van der Waals surface area contributed by atoms with Crippen molar-refractivity contribution in [1.29, 1.82) is 0 Å². The van der Waals surface area contributed by atoms with Crippen LogP contribution in [0.5, 0.6) is 0 Å². The summed E-state index contributed by atoms with van der Waals surface area (Å²) < 4.78 is 3.19. The van der Waals surface area contributed by atoms with Gasteiger partial charge >= 0.3 is 0 Å². The lowest BCUT2D eigenvalue weighted by Crippen LogP contribution is -1.85. The fraction of sp³-hybridized carbons (Fsp3) is 0. The Balaban J connectivity index is 1.94. The topological polar surface area (TPSA) is 40.7 Å². The Labute approximate surface area is 80.7 Å². The quantitative estimate of drug-likeness (QED) is 0.732. The van der Waals surface area contributed by atoms with Crippen molar-refractivity contribution in [3.63, 3.8) is 0 Å². The van der Waals surface area contributed by atoms with Gasteiger partial charge in [0.25, 0.3) is 0 Å². The van der Waals surface area contributed by atoms with Crippen LogP contribution in [0.1, 0.15) is 0 Å². The Morgan fingerprint density at radius 1 is 1.15 bits per heavy atom. The van der Waals surface area contributed by atoms with Crippen molar-refractivity contribution in [2.24, 2.45) is 0 Å². The first kappa shape index (κ1) is 8.19. The van der Waals surface area contributed by atoms with Gasteiger partial charge in [0.15, 0.2) is 0 Å². The molecule has 0 radical (unpaired) electrons. The van der Waals surface area contributed by atoms with Crippen LogP contribution in [-0.4, -0.2) is 10.2 Å². The van der Waals surface area contributed by atoms with Crippen molar-refractivity contribution in [2.75, 3.05) is 4.72 Å². The van der Waals surface area contributed by atoms with Gasteiger partial charge in [-0.15, -0.1) is 0 Å². The summed E-state index contributed by atoms with van der Waals surface area (Å²) in [5.41, 5.74) is 1.09. The molecule has 3 nitrogen and oxygen atoms in total. The molecule has 0 amide bonds. The van der Waals surface area contributed by atoms with Crippen LogP contribution in [0.3, 0.4) is 0 Å². The molecule has 1 aromatic carbocycles. The number of hydrogen-bond acceptors (Lipinski definition) is 3. The zero-order valence-electron chi connectivity index (χ0n) is 6.90. The summed E-state index contributed by atoms with van der Waals surface area (Å²) in [6, 6.07) is 11.9. The highest BCUT2D eigenvalue weighted by Gasteiger charge is 1.93. The molecule has 13 heavy (non-hydrogen) atoms. The Morgan fingerprint density at radius 2 is 2.00 bits per heavy atom. The minimum atomic E-state index is 1.00. The van der Waals surface area contributed by atoms with Crippen LogP contribution in [0.4, 0.5) is 5.69 Å². The maximum atomic E-state index is 3.85. The number of H-pyrrole nitrogens is 1. The molecule has 2 aromatic rings. The molecule has 0 aliphatic rings. The minimum Gasteiger partial charge on any atom is -0.324 e. The predicted octanol–water partition coefficient (Wildman–Crippen LogP) is 2.53. The van der Waals surface area contributed by atoms with Gasteiger partial charge < -0.3 is 4.72 Å². The van der Waals surface area contributed by atoms with Gasteiger partial charge in [0.2, 0.25) is 0 Å². The first-order valence-corrected chi connectivity index (χ1v) is 4.74. The molecule has 0 saturated heterocycles. The van der Waals surface area contributed by atoms with Crippen LogP contribution in [0.25, 0.3) is 0 Å². The van der Waals surface area contributed by atoms with E-state index in [9.17, 15) is 0 Å². The van der Waals surface area contributed by atoms with Gasteiger partial charge in [-0.3, -0.25) is 5.10 Å². The number of aromatic nitrogens is 2. The highest BCUT2D eigenvalue weighted by Crippen LogP contribution is 2.17. The number of aromatic amines is 1. The lowest BCUT2D eigenvalue weighted by molar-refractivity contribution is 1.00. The third kappa shape index (κ3) is 2.26. The fourth-order valence-corrected chi connectivity index (χ4v) is 1.51. The van der Waals surface area contributed by atoms with Gasteiger partial charge in [-0.25, -0.2) is 0 Å². The van der Waals surface area contributed by atoms with E-state index in [2.05, 4.69) is 14.9 Å². The average molecular weight is 191 g/mol. The third-order valence-electron chi connectivity index (χ3n) is 1.53. The molecule has 66 valence electrons. The van der Waals surface area contributed by atoms with E-state index in [0.29, 0.717) is 0 Å².